The van der Waals surface area contributed by atoms with E-state index in [4.69, 9.17) is 0 Å². The van der Waals surface area contributed by atoms with Gasteiger partial charge in [0.25, 0.3) is 5.91 Å². The van der Waals surface area contributed by atoms with Crippen LogP contribution in [0.3, 0.4) is 0 Å². The Morgan fingerprint density at radius 3 is 2.62 bits per heavy atom. The van der Waals surface area contributed by atoms with Crippen LogP contribution in [0, 0.1) is 0 Å². The Morgan fingerprint density at radius 1 is 1.03 bits per heavy atom. The minimum Gasteiger partial charge on any atom is -0.266 e. The Bertz CT molecular complexity index is 1190. The zero-order valence-electron chi connectivity index (χ0n) is 15.2. The van der Waals surface area contributed by atoms with E-state index < -0.39 is 0 Å². The number of carbonyl (C=O) groups excluding carboxylic acids is 1. The minimum atomic E-state index is -0.372. The molecule has 0 fully saturated rings. The van der Waals surface area contributed by atoms with Gasteiger partial charge < -0.3 is 0 Å². The highest BCUT2D eigenvalue weighted by molar-refractivity contribution is 9.10. The third-order valence-electron chi connectivity index (χ3n) is 4.38. The summed E-state index contributed by atoms with van der Waals surface area (Å²) in [5.41, 5.74) is 4.87. The molecular weight excluding hydrogens is 496 g/mol. The molecule has 0 aliphatic carbocycles. The summed E-state index contributed by atoms with van der Waals surface area (Å²) in [5, 5.41) is 10.7. The van der Waals surface area contributed by atoms with E-state index >= 15 is 0 Å². The number of hydrazone groups is 1. The highest BCUT2D eigenvalue weighted by Gasteiger charge is 2.15. The highest BCUT2D eigenvalue weighted by Crippen LogP contribution is 2.18. The summed E-state index contributed by atoms with van der Waals surface area (Å²) in [7, 11) is 0. The van der Waals surface area contributed by atoms with Crippen molar-refractivity contribution in [2.75, 3.05) is 0 Å². The molecule has 7 heteroatoms. The Balaban J connectivity index is 1.46. The first kappa shape index (κ1) is 19.5. The zero-order chi connectivity index (χ0) is 20.2. The van der Waals surface area contributed by atoms with E-state index in [-0.39, 0.29) is 11.6 Å². The molecule has 1 heterocycles. The summed E-state index contributed by atoms with van der Waals surface area (Å²) in [6.07, 6.45) is 3.43. The Morgan fingerprint density at radius 2 is 1.79 bits per heavy atom. The maximum atomic E-state index is 12.5. The molecule has 1 N–H and O–H groups in total. The number of amides is 1. The number of benzene rings is 3. The molecule has 0 saturated carbocycles. The SMILES string of the molecule is O=C(N/N=C\c1cccc2ccccc12)c1nn(Cc2ccc(Br)cc2)cc1Br. The van der Waals surface area contributed by atoms with Gasteiger partial charge in [-0.05, 0) is 44.4 Å². The molecule has 0 aliphatic heterocycles. The number of nitrogens with one attached hydrogen (secondary N) is 1. The average Bonchev–Trinajstić information content (AvgIpc) is 3.10. The van der Waals surface area contributed by atoms with Crippen molar-refractivity contribution < 1.29 is 4.79 Å². The van der Waals surface area contributed by atoms with E-state index in [0.29, 0.717) is 11.0 Å². The molecule has 5 nitrogen and oxygen atoms in total. The molecule has 4 aromatic rings. The monoisotopic (exact) mass is 510 g/mol. The van der Waals surface area contributed by atoms with Crippen molar-refractivity contribution in [1.29, 1.82) is 0 Å². The van der Waals surface area contributed by atoms with E-state index in [0.717, 1.165) is 26.4 Å². The normalized spacial score (nSPS) is 11.2. The van der Waals surface area contributed by atoms with Crippen molar-refractivity contribution in [3.05, 3.63) is 98.7 Å². The molecule has 3 aromatic carbocycles. The second kappa shape index (κ2) is 8.71. The molecule has 0 aliphatic rings. The van der Waals surface area contributed by atoms with Gasteiger partial charge in [-0.1, -0.05) is 70.5 Å². The molecule has 0 spiro atoms. The number of fused-ring (bicyclic) bond motifs is 1. The molecule has 1 amide bonds. The number of carbonyl (C=O) groups is 1. The fourth-order valence-electron chi connectivity index (χ4n) is 2.99. The molecule has 1 aromatic heterocycles. The van der Waals surface area contributed by atoms with Crippen molar-refractivity contribution in [1.82, 2.24) is 15.2 Å². The number of aromatic nitrogens is 2. The number of rotatable bonds is 5. The van der Waals surface area contributed by atoms with Crippen LogP contribution >= 0.6 is 31.9 Å². The van der Waals surface area contributed by atoms with E-state index in [2.05, 4.69) is 47.5 Å². The lowest BCUT2D eigenvalue weighted by atomic mass is 10.1. The Hall–Kier alpha value is -2.77. The highest BCUT2D eigenvalue weighted by atomic mass is 79.9. The summed E-state index contributed by atoms with van der Waals surface area (Å²) in [4.78, 5) is 12.5. The van der Waals surface area contributed by atoms with Crippen molar-refractivity contribution >= 4 is 54.8 Å². The standard InChI is InChI=1S/C22H16Br2N4O/c23-18-10-8-15(9-11-18)13-28-14-20(24)21(27-28)22(29)26-25-12-17-6-3-5-16-4-1-2-7-19(16)17/h1-12,14H,13H2,(H,26,29)/b25-12-. The topological polar surface area (TPSA) is 59.3 Å². The Kier molecular flexibility index (Phi) is 5.87. The van der Waals surface area contributed by atoms with Crippen LogP contribution in [0.4, 0.5) is 0 Å². The van der Waals surface area contributed by atoms with Crippen LogP contribution in [0.1, 0.15) is 21.6 Å². The first-order chi connectivity index (χ1) is 14.1. The third kappa shape index (κ3) is 4.63. The molecule has 29 heavy (non-hydrogen) atoms. The lowest BCUT2D eigenvalue weighted by Gasteiger charge is -2.02. The minimum absolute atomic E-state index is 0.289. The van der Waals surface area contributed by atoms with Crippen molar-refractivity contribution in [3.8, 4) is 0 Å². The number of hydrogen-bond acceptors (Lipinski definition) is 3. The zero-order valence-corrected chi connectivity index (χ0v) is 18.4. The molecule has 144 valence electrons. The van der Waals surface area contributed by atoms with Crippen LogP contribution in [0.25, 0.3) is 10.8 Å². The predicted octanol–water partition coefficient (Wildman–Crippen LogP) is 5.37. The van der Waals surface area contributed by atoms with Crippen LogP contribution in [0.2, 0.25) is 0 Å². The van der Waals surface area contributed by atoms with Crippen LogP contribution in [-0.2, 0) is 6.54 Å². The maximum Gasteiger partial charge on any atom is 0.293 e. The molecule has 4 rings (SSSR count). The van der Waals surface area contributed by atoms with Gasteiger partial charge in [0, 0.05) is 16.2 Å². The lowest BCUT2D eigenvalue weighted by molar-refractivity contribution is 0.0948. The van der Waals surface area contributed by atoms with Crippen molar-refractivity contribution in [2.45, 2.75) is 6.54 Å². The quantitative estimate of drug-likeness (QED) is 0.289. The van der Waals surface area contributed by atoms with Crippen molar-refractivity contribution in [2.24, 2.45) is 5.10 Å². The van der Waals surface area contributed by atoms with E-state index in [9.17, 15) is 4.79 Å². The first-order valence-corrected chi connectivity index (χ1v) is 10.5. The second-order valence-corrected chi connectivity index (χ2v) is 8.19. The van der Waals surface area contributed by atoms with Gasteiger partial charge in [-0.3, -0.25) is 9.48 Å². The van der Waals surface area contributed by atoms with Crippen LogP contribution < -0.4 is 5.43 Å². The van der Waals surface area contributed by atoms with E-state index in [1.165, 1.54) is 0 Å². The number of hydrogen-bond donors (Lipinski definition) is 1. The maximum absolute atomic E-state index is 12.5. The van der Waals surface area contributed by atoms with Gasteiger partial charge in [0.1, 0.15) is 0 Å². The van der Waals surface area contributed by atoms with Gasteiger partial charge in [-0.15, -0.1) is 0 Å². The summed E-state index contributed by atoms with van der Waals surface area (Å²) in [6, 6.07) is 22.0. The van der Waals surface area contributed by atoms with E-state index in [1.807, 2.05) is 66.7 Å². The second-order valence-electron chi connectivity index (χ2n) is 6.42. The Labute approximate surface area is 184 Å². The average molecular weight is 512 g/mol. The summed E-state index contributed by atoms with van der Waals surface area (Å²) in [6.45, 7) is 0.568. The van der Waals surface area contributed by atoms with Gasteiger partial charge in [-0.25, -0.2) is 5.43 Å². The fourth-order valence-corrected chi connectivity index (χ4v) is 3.75. The van der Waals surface area contributed by atoms with Crippen molar-refractivity contribution in [3.63, 3.8) is 0 Å². The first-order valence-electron chi connectivity index (χ1n) is 8.89. The molecule has 0 unspecified atom stereocenters. The van der Waals surface area contributed by atoms with Gasteiger partial charge in [-0.2, -0.15) is 10.2 Å². The molecule has 0 bridgehead atoms. The third-order valence-corrected chi connectivity index (χ3v) is 5.49. The number of nitrogens with zero attached hydrogens (tertiary/aromatic N) is 3. The molecule has 0 saturated heterocycles. The summed E-state index contributed by atoms with van der Waals surface area (Å²) >= 11 is 6.83. The van der Waals surface area contributed by atoms with Crippen LogP contribution in [0.5, 0.6) is 0 Å². The smallest absolute Gasteiger partial charge is 0.266 e. The largest absolute Gasteiger partial charge is 0.293 e. The van der Waals surface area contributed by atoms with Gasteiger partial charge in [0.05, 0.1) is 17.2 Å². The van der Waals surface area contributed by atoms with Gasteiger partial charge in [0.2, 0.25) is 0 Å². The predicted molar refractivity (Wildman–Crippen MR) is 122 cm³/mol. The van der Waals surface area contributed by atoms with E-state index in [1.54, 1.807) is 17.1 Å². The number of halogens is 2. The van der Waals surface area contributed by atoms with Crippen LogP contribution in [0.15, 0.2) is 87.0 Å². The lowest BCUT2D eigenvalue weighted by Crippen LogP contribution is -2.19. The molecule has 0 radical (unpaired) electrons. The van der Waals surface area contributed by atoms with Crippen LogP contribution in [-0.4, -0.2) is 21.9 Å². The summed E-state index contributed by atoms with van der Waals surface area (Å²) in [5.74, 6) is -0.372. The van der Waals surface area contributed by atoms with Gasteiger partial charge in [0.15, 0.2) is 5.69 Å². The fraction of sp³-hybridized carbons (Fsp3) is 0.0455. The molecular formula is C22H16Br2N4O. The molecule has 0 atom stereocenters. The summed E-state index contributed by atoms with van der Waals surface area (Å²) < 4.78 is 3.36. The van der Waals surface area contributed by atoms with Gasteiger partial charge >= 0.3 is 0 Å².